The first kappa shape index (κ1) is 25.2. The number of carbonyl (C=O) groups is 2. The third-order valence-corrected chi connectivity index (χ3v) is 10.8. The van der Waals surface area contributed by atoms with Gasteiger partial charge in [0.25, 0.3) is 0 Å². The number of ether oxygens (including phenoxy) is 2. The van der Waals surface area contributed by atoms with Crippen molar-refractivity contribution in [3.63, 3.8) is 0 Å². The third kappa shape index (κ3) is 3.94. The SMILES string of the molecule is CCC/C=C1\OC(=O)C2=C1CC[C@H]1[C@@H]3CC[C@@]4(C(=C3Cc3cc[nH]c3)C(=O)O/C4=C\CCC3CCCCC3)[C@@H]21. The van der Waals surface area contributed by atoms with Gasteiger partial charge >= 0.3 is 11.9 Å². The van der Waals surface area contributed by atoms with Crippen molar-refractivity contribution < 1.29 is 19.1 Å². The minimum absolute atomic E-state index is 0.0302. The molecule has 1 aromatic heterocycles. The van der Waals surface area contributed by atoms with Gasteiger partial charge in [0.2, 0.25) is 0 Å². The van der Waals surface area contributed by atoms with Crippen LogP contribution in [-0.2, 0) is 25.5 Å². The highest BCUT2D eigenvalue weighted by Crippen LogP contribution is 2.70. The molecule has 1 N–H and O–H groups in total. The van der Waals surface area contributed by atoms with Gasteiger partial charge in [-0.2, -0.15) is 0 Å². The van der Waals surface area contributed by atoms with E-state index in [1.54, 1.807) is 0 Å². The zero-order valence-corrected chi connectivity index (χ0v) is 23.2. The number of fused-ring (bicyclic) bond motifs is 1. The molecule has 5 heteroatoms. The maximum atomic E-state index is 13.8. The fourth-order valence-corrected chi connectivity index (χ4v) is 9.17. The number of rotatable bonds is 7. The van der Waals surface area contributed by atoms with Crippen LogP contribution in [0.3, 0.4) is 0 Å². The summed E-state index contributed by atoms with van der Waals surface area (Å²) in [5.41, 5.74) is 4.77. The van der Waals surface area contributed by atoms with E-state index in [2.05, 4.69) is 30.1 Å². The Morgan fingerprint density at radius 1 is 1.03 bits per heavy atom. The first-order chi connectivity index (χ1) is 19.1. The lowest BCUT2D eigenvalue weighted by Gasteiger charge is -2.56. The van der Waals surface area contributed by atoms with E-state index in [1.807, 2.05) is 12.4 Å². The summed E-state index contributed by atoms with van der Waals surface area (Å²) in [6, 6.07) is 2.11. The van der Waals surface area contributed by atoms with Crippen LogP contribution in [0, 0.1) is 29.1 Å². The zero-order chi connectivity index (χ0) is 26.6. The van der Waals surface area contributed by atoms with E-state index in [0.29, 0.717) is 11.8 Å². The molecule has 1 aromatic rings. The molecule has 1 spiro atoms. The lowest BCUT2D eigenvalue weighted by atomic mass is 9.44. The Bertz CT molecular complexity index is 1290. The number of carbonyl (C=O) groups excluding carboxylic acids is 2. The number of aromatic amines is 1. The van der Waals surface area contributed by atoms with Crippen LogP contribution in [0.1, 0.15) is 96.0 Å². The van der Waals surface area contributed by atoms with Crippen molar-refractivity contribution >= 4 is 11.9 Å². The van der Waals surface area contributed by atoms with Crippen LogP contribution in [0.2, 0.25) is 0 Å². The number of aromatic nitrogens is 1. The van der Waals surface area contributed by atoms with Crippen LogP contribution in [0.25, 0.3) is 0 Å². The van der Waals surface area contributed by atoms with Gasteiger partial charge in [-0.25, -0.2) is 9.59 Å². The molecule has 5 nitrogen and oxygen atoms in total. The molecule has 2 bridgehead atoms. The number of hydrogen-bond donors (Lipinski definition) is 1. The van der Waals surface area contributed by atoms with Crippen LogP contribution in [-0.4, -0.2) is 16.9 Å². The Kier molecular flexibility index (Phi) is 6.44. The summed E-state index contributed by atoms with van der Waals surface area (Å²) in [5.74, 6) is 2.65. The second-order valence-corrected chi connectivity index (χ2v) is 12.8. The highest BCUT2D eigenvalue weighted by molar-refractivity contribution is 6.00. The molecule has 0 unspecified atom stereocenters. The minimum atomic E-state index is -0.533. The van der Waals surface area contributed by atoms with Crippen molar-refractivity contribution in [2.45, 2.75) is 96.8 Å². The predicted octanol–water partition coefficient (Wildman–Crippen LogP) is 7.63. The second kappa shape index (κ2) is 9.98. The van der Waals surface area contributed by atoms with E-state index in [1.165, 1.54) is 43.2 Å². The number of allylic oxidation sites excluding steroid dienone is 5. The molecule has 3 heterocycles. The average Bonchev–Trinajstić information content (AvgIpc) is 3.66. The molecule has 7 aliphatic rings. The van der Waals surface area contributed by atoms with Crippen molar-refractivity contribution in [2.75, 3.05) is 0 Å². The van der Waals surface area contributed by atoms with Gasteiger partial charge in [0.1, 0.15) is 11.5 Å². The minimum Gasteiger partial charge on any atom is -0.427 e. The fraction of sp³-hybridized carbons (Fsp3) is 0.588. The summed E-state index contributed by atoms with van der Waals surface area (Å²) in [6.07, 6.45) is 23.7. The van der Waals surface area contributed by atoms with E-state index in [9.17, 15) is 9.59 Å². The first-order valence-corrected chi connectivity index (χ1v) is 15.6. The molecule has 2 aliphatic heterocycles. The molecule has 0 radical (unpaired) electrons. The Morgan fingerprint density at radius 2 is 1.90 bits per heavy atom. The Balaban J connectivity index is 1.33. The van der Waals surface area contributed by atoms with E-state index < -0.39 is 5.41 Å². The second-order valence-electron chi connectivity index (χ2n) is 12.8. The highest BCUT2D eigenvalue weighted by Gasteiger charge is 2.68. The van der Waals surface area contributed by atoms with Gasteiger partial charge in [-0.3, -0.25) is 0 Å². The summed E-state index contributed by atoms with van der Waals surface area (Å²) in [7, 11) is 0. The number of hydrogen-bond acceptors (Lipinski definition) is 4. The topological polar surface area (TPSA) is 68.4 Å². The van der Waals surface area contributed by atoms with E-state index >= 15 is 0 Å². The number of H-pyrrole nitrogens is 1. The molecule has 0 aromatic carbocycles. The van der Waals surface area contributed by atoms with Crippen LogP contribution in [0.4, 0.5) is 0 Å². The van der Waals surface area contributed by atoms with Crippen molar-refractivity contribution in [1.82, 2.24) is 4.98 Å². The molecule has 206 valence electrons. The highest BCUT2D eigenvalue weighted by atomic mass is 16.5. The van der Waals surface area contributed by atoms with E-state index in [0.717, 1.165) is 91.9 Å². The monoisotopic (exact) mass is 527 g/mol. The van der Waals surface area contributed by atoms with Gasteiger partial charge in [-0.05, 0) is 92.9 Å². The molecule has 39 heavy (non-hydrogen) atoms. The molecule has 0 amide bonds. The van der Waals surface area contributed by atoms with Gasteiger partial charge in [0.05, 0.1) is 11.0 Å². The van der Waals surface area contributed by atoms with Gasteiger partial charge < -0.3 is 14.5 Å². The van der Waals surface area contributed by atoms with Crippen molar-refractivity contribution in [1.29, 1.82) is 0 Å². The maximum absolute atomic E-state index is 13.8. The van der Waals surface area contributed by atoms with Crippen LogP contribution in [0.15, 0.2) is 64.4 Å². The summed E-state index contributed by atoms with van der Waals surface area (Å²) < 4.78 is 12.2. The quantitative estimate of drug-likeness (QED) is 0.370. The number of cyclic esters (lactones) is 2. The van der Waals surface area contributed by atoms with Gasteiger partial charge in [0.15, 0.2) is 0 Å². The van der Waals surface area contributed by atoms with Gasteiger partial charge in [0, 0.05) is 29.5 Å². The lowest BCUT2D eigenvalue weighted by molar-refractivity contribution is -0.135. The predicted molar refractivity (Wildman–Crippen MR) is 149 cm³/mol. The van der Waals surface area contributed by atoms with Crippen molar-refractivity contribution in [2.24, 2.45) is 29.1 Å². The molecule has 1 saturated heterocycles. The number of unbranched alkanes of at least 4 members (excludes halogenated alkanes) is 1. The molecular formula is C34H41NO4. The van der Waals surface area contributed by atoms with Crippen LogP contribution in [0.5, 0.6) is 0 Å². The van der Waals surface area contributed by atoms with Crippen LogP contribution < -0.4 is 0 Å². The van der Waals surface area contributed by atoms with Crippen molar-refractivity contribution in [3.8, 4) is 0 Å². The summed E-state index contributed by atoms with van der Waals surface area (Å²) in [4.78, 5) is 30.5. The number of nitrogens with one attached hydrogen (secondary N) is 1. The normalized spacial score (nSPS) is 34.0. The molecule has 5 aliphatic carbocycles. The largest absolute Gasteiger partial charge is 0.427 e. The Morgan fingerprint density at radius 3 is 2.69 bits per heavy atom. The van der Waals surface area contributed by atoms with Gasteiger partial charge in [-0.15, -0.1) is 0 Å². The first-order valence-electron chi connectivity index (χ1n) is 15.6. The summed E-state index contributed by atoms with van der Waals surface area (Å²) >= 11 is 0. The van der Waals surface area contributed by atoms with Gasteiger partial charge in [-0.1, -0.05) is 51.0 Å². The molecule has 8 rings (SSSR count). The summed E-state index contributed by atoms with van der Waals surface area (Å²) in [6.45, 7) is 2.15. The van der Waals surface area contributed by atoms with E-state index in [-0.39, 0.29) is 17.9 Å². The molecular weight excluding hydrogens is 486 g/mol. The van der Waals surface area contributed by atoms with Crippen LogP contribution >= 0.6 is 0 Å². The molecule has 2 saturated carbocycles. The molecule has 4 atom stereocenters. The zero-order valence-electron chi connectivity index (χ0n) is 23.2. The Labute approximate surface area is 231 Å². The fourth-order valence-electron chi connectivity index (χ4n) is 9.17. The standard InChI is InChI=1S/C34H41NO4/c1-2-3-11-27-25-14-13-24-23-15-17-34(30(24)29(25)32(36)38-27)28(12-7-10-21-8-5-4-6-9-21)39-33(37)31(34)26(23)19-22-16-18-35-20-22/h11-12,16,18,20-21,23-24,30,35H,2-10,13-15,17,19H2,1H3/b27-11-,28-12-/t23-,24-,30+,34-/m0/s1. The number of esters is 2. The average molecular weight is 528 g/mol. The molecule has 3 fully saturated rings. The Hall–Kier alpha value is -2.82. The van der Waals surface area contributed by atoms with E-state index in [4.69, 9.17) is 9.47 Å². The summed E-state index contributed by atoms with van der Waals surface area (Å²) in [5, 5.41) is 0. The van der Waals surface area contributed by atoms with Crippen molar-refractivity contribution in [3.05, 3.63) is 70.0 Å². The third-order valence-electron chi connectivity index (χ3n) is 10.8. The lowest BCUT2D eigenvalue weighted by Crippen LogP contribution is -2.52. The maximum Gasteiger partial charge on any atom is 0.340 e. The smallest absolute Gasteiger partial charge is 0.340 e.